The van der Waals surface area contributed by atoms with E-state index in [-0.39, 0.29) is 29.5 Å². The topological polar surface area (TPSA) is 82.0 Å². The minimum absolute atomic E-state index is 0.0561. The third-order valence-corrected chi connectivity index (χ3v) is 5.19. The van der Waals surface area contributed by atoms with Crippen LogP contribution >= 0.6 is 0 Å². The lowest BCUT2D eigenvalue weighted by molar-refractivity contribution is 0.178. The smallest absolute Gasteiger partial charge is 0.317 e. The number of aromatic hydroxyl groups is 2. The van der Waals surface area contributed by atoms with E-state index in [1.165, 1.54) is 6.07 Å². The highest BCUT2D eigenvalue weighted by molar-refractivity contribution is 5.74. The van der Waals surface area contributed by atoms with Crippen molar-refractivity contribution in [2.75, 3.05) is 20.2 Å². The molecule has 0 radical (unpaired) electrons. The van der Waals surface area contributed by atoms with Crippen LogP contribution in [0.25, 0.3) is 0 Å². The van der Waals surface area contributed by atoms with Crippen molar-refractivity contribution in [1.82, 2.24) is 10.2 Å². The average Bonchev–Trinajstić information content (AvgIpc) is 2.68. The number of likely N-dealkylation sites (tertiary alicyclic amines) is 1. The lowest BCUT2D eigenvalue weighted by Crippen LogP contribution is -2.44. The van der Waals surface area contributed by atoms with Gasteiger partial charge in [-0.3, -0.25) is 0 Å². The molecule has 1 fully saturated rings. The van der Waals surface area contributed by atoms with E-state index >= 15 is 0 Å². The first-order chi connectivity index (χ1) is 13.0. The number of methoxy groups -OCH3 is 1. The van der Waals surface area contributed by atoms with Crippen molar-refractivity contribution in [3.63, 3.8) is 0 Å². The lowest BCUT2D eigenvalue weighted by Gasteiger charge is -2.33. The molecule has 0 spiro atoms. The maximum atomic E-state index is 12.6. The van der Waals surface area contributed by atoms with E-state index in [1.807, 2.05) is 36.1 Å². The fourth-order valence-corrected chi connectivity index (χ4v) is 3.52. The summed E-state index contributed by atoms with van der Waals surface area (Å²) in [6, 6.07) is 12.2. The number of phenols is 2. The summed E-state index contributed by atoms with van der Waals surface area (Å²) >= 11 is 0. The summed E-state index contributed by atoms with van der Waals surface area (Å²) in [4.78, 5) is 14.4. The average molecular weight is 370 g/mol. The zero-order valence-corrected chi connectivity index (χ0v) is 15.7. The van der Waals surface area contributed by atoms with Crippen LogP contribution in [0.15, 0.2) is 42.5 Å². The molecule has 144 valence electrons. The third kappa shape index (κ3) is 4.45. The van der Waals surface area contributed by atoms with Crippen molar-refractivity contribution in [2.45, 2.75) is 31.7 Å². The number of carbonyl (C=O) groups is 1. The second-order valence-electron chi connectivity index (χ2n) is 6.95. The number of carbonyl (C=O) groups excluding carboxylic acids is 1. The fraction of sp³-hybridized carbons (Fsp3) is 0.381. The van der Waals surface area contributed by atoms with Crippen molar-refractivity contribution in [2.24, 2.45) is 0 Å². The maximum absolute atomic E-state index is 12.6. The van der Waals surface area contributed by atoms with Crippen LogP contribution in [-0.2, 0) is 0 Å². The van der Waals surface area contributed by atoms with Crippen molar-refractivity contribution in [3.05, 3.63) is 53.6 Å². The molecular weight excluding hydrogens is 344 g/mol. The van der Waals surface area contributed by atoms with Gasteiger partial charge in [0, 0.05) is 19.2 Å². The summed E-state index contributed by atoms with van der Waals surface area (Å²) in [6.07, 6.45) is 1.56. The highest BCUT2D eigenvalue weighted by atomic mass is 16.5. The summed E-state index contributed by atoms with van der Waals surface area (Å²) in [7, 11) is 1.63. The van der Waals surface area contributed by atoms with Crippen LogP contribution < -0.4 is 10.1 Å². The Balaban J connectivity index is 1.54. The van der Waals surface area contributed by atoms with Crippen LogP contribution in [0.4, 0.5) is 4.79 Å². The molecule has 2 aromatic rings. The molecule has 1 aliphatic heterocycles. The molecule has 6 heteroatoms. The minimum Gasteiger partial charge on any atom is -0.508 e. The van der Waals surface area contributed by atoms with Gasteiger partial charge in [0.2, 0.25) is 0 Å². The third-order valence-electron chi connectivity index (χ3n) is 5.19. The number of phenolic OH excluding ortho intramolecular Hbond substituents is 2. The van der Waals surface area contributed by atoms with Crippen molar-refractivity contribution < 1.29 is 19.7 Å². The molecule has 0 aromatic heterocycles. The fourth-order valence-electron chi connectivity index (χ4n) is 3.52. The summed E-state index contributed by atoms with van der Waals surface area (Å²) in [5.74, 6) is 1.15. The first kappa shape index (κ1) is 18.9. The number of amides is 2. The van der Waals surface area contributed by atoms with E-state index in [0.29, 0.717) is 13.1 Å². The van der Waals surface area contributed by atoms with E-state index in [1.54, 1.807) is 19.2 Å². The zero-order valence-electron chi connectivity index (χ0n) is 15.7. The number of urea groups is 1. The highest BCUT2D eigenvalue weighted by Crippen LogP contribution is 2.35. The van der Waals surface area contributed by atoms with Gasteiger partial charge >= 0.3 is 6.03 Å². The Morgan fingerprint density at radius 1 is 1.15 bits per heavy atom. The lowest BCUT2D eigenvalue weighted by atomic mass is 9.89. The molecule has 1 aliphatic rings. The highest BCUT2D eigenvalue weighted by Gasteiger charge is 2.26. The molecule has 3 rings (SSSR count). The van der Waals surface area contributed by atoms with Crippen molar-refractivity contribution >= 4 is 6.03 Å². The van der Waals surface area contributed by atoms with Gasteiger partial charge in [0.15, 0.2) is 0 Å². The molecule has 0 bridgehead atoms. The number of piperidine rings is 1. The van der Waals surface area contributed by atoms with Crippen LogP contribution in [-0.4, -0.2) is 41.3 Å². The maximum Gasteiger partial charge on any atom is 0.317 e. The van der Waals surface area contributed by atoms with E-state index in [2.05, 4.69) is 5.32 Å². The zero-order chi connectivity index (χ0) is 19.4. The summed E-state index contributed by atoms with van der Waals surface area (Å²) in [5.41, 5.74) is 1.85. The molecule has 1 saturated heterocycles. The monoisotopic (exact) mass is 370 g/mol. The van der Waals surface area contributed by atoms with Gasteiger partial charge in [-0.1, -0.05) is 18.2 Å². The number of hydrogen-bond acceptors (Lipinski definition) is 4. The van der Waals surface area contributed by atoms with Crippen molar-refractivity contribution in [3.8, 4) is 17.2 Å². The number of ether oxygens (including phenoxy) is 1. The van der Waals surface area contributed by atoms with E-state index in [0.717, 1.165) is 29.7 Å². The molecular formula is C21H26N2O4. The number of hydrogen-bond donors (Lipinski definition) is 3. The van der Waals surface area contributed by atoms with E-state index < -0.39 is 0 Å². The Morgan fingerprint density at radius 2 is 1.81 bits per heavy atom. The molecule has 0 unspecified atom stereocenters. The predicted octanol–water partition coefficient (Wildman–Crippen LogP) is 3.76. The molecule has 2 amide bonds. The molecule has 1 heterocycles. The number of benzene rings is 2. The second-order valence-corrected chi connectivity index (χ2v) is 6.95. The minimum atomic E-state index is -0.0951. The molecule has 27 heavy (non-hydrogen) atoms. The van der Waals surface area contributed by atoms with Gasteiger partial charge in [0.05, 0.1) is 13.2 Å². The first-order valence-electron chi connectivity index (χ1n) is 9.19. The van der Waals surface area contributed by atoms with Gasteiger partial charge in [-0.15, -0.1) is 0 Å². The second kappa shape index (κ2) is 8.20. The van der Waals surface area contributed by atoms with Gasteiger partial charge in [-0.05, 0) is 55.0 Å². The van der Waals surface area contributed by atoms with Gasteiger partial charge < -0.3 is 25.2 Å². The number of nitrogens with zero attached hydrogens (tertiary/aromatic N) is 1. The Kier molecular flexibility index (Phi) is 5.74. The Labute approximate surface area is 159 Å². The van der Waals surface area contributed by atoms with Gasteiger partial charge in [-0.2, -0.15) is 0 Å². The summed E-state index contributed by atoms with van der Waals surface area (Å²) in [6.45, 7) is 3.22. The number of nitrogens with one attached hydrogen (secondary N) is 1. The van der Waals surface area contributed by atoms with Gasteiger partial charge in [0.1, 0.15) is 17.2 Å². The van der Waals surface area contributed by atoms with Crippen LogP contribution in [0.3, 0.4) is 0 Å². The van der Waals surface area contributed by atoms with E-state index in [4.69, 9.17) is 4.74 Å². The van der Waals surface area contributed by atoms with Crippen LogP contribution in [0.2, 0.25) is 0 Å². The van der Waals surface area contributed by atoms with Crippen LogP contribution in [0, 0.1) is 0 Å². The molecule has 2 aromatic carbocycles. The molecule has 3 N–H and O–H groups in total. The molecule has 1 atom stereocenters. The Morgan fingerprint density at radius 3 is 2.41 bits per heavy atom. The Bertz CT molecular complexity index is 783. The number of rotatable bonds is 4. The molecule has 6 nitrogen and oxygen atoms in total. The molecule has 0 aliphatic carbocycles. The predicted molar refractivity (Wildman–Crippen MR) is 103 cm³/mol. The van der Waals surface area contributed by atoms with Crippen LogP contribution in [0.5, 0.6) is 17.2 Å². The van der Waals surface area contributed by atoms with Gasteiger partial charge in [0.25, 0.3) is 0 Å². The van der Waals surface area contributed by atoms with Gasteiger partial charge in [-0.25, -0.2) is 4.79 Å². The summed E-state index contributed by atoms with van der Waals surface area (Å²) < 4.78 is 5.16. The van der Waals surface area contributed by atoms with E-state index in [9.17, 15) is 15.0 Å². The van der Waals surface area contributed by atoms with Crippen LogP contribution in [0.1, 0.15) is 42.9 Å². The summed E-state index contributed by atoms with van der Waals surface area (Å²) in [5, 5.41) is 22.5. The quantitative estimate of drug-likeness (QED) is 0.765. The normalized spacial score (nSPS) is 16.0. The largest absolute Gasteiger partial charge is 0.508 e. The Hall–Kier alpha value is -2.89. The van der Waals surface area contributed by atoms with Crippen molar-refractivity contribution in [1.29, 1.82) is 0 Å². The SMILES string of the molecule is COc1ccc([C@H](C)NC(=O)N2CCC(c3ccc(O)cc3O)CC2)cc1. The first-order valence-corrected chi connectivity index (χ1v) is 9.19. The standard InChI is InChI=1S/C21H26N2O4/c1-14(15-3-6-18(27-2)7-4-15)22-21(26)23-11-9-16(10-12-23)19-8-5-17(24)13-20(19)25/h3-8,13-14,16,24-25H,9-12H2,1-2H3,(H,22,26)/t14-/m0/s1. The molecule has 0 saturated carbocycles.